The Morgan fingerprint density at radius 3 is 2.56 bits per heavy atom. The zero-order valence-electron chi connectivity index (χ0n) is 9.90. The van der Waals surface area contributed by atoms with Gasteiger partial charge < -0.3 is 15.2 Å². The van der Waals surface area contributed by atoms with Crippen LogP contribution >= 0.6 is 0 Å². The van der Waals surface area contributed by atoms with Crippen LogP contribution in [0.4, 0.5) is 0 Å². The van der Waals surface area contributed by atoms with Gasteiger partial charge in [-0.3, -0.25) is 4.79 Å². The maximum absolute atomic E-state index is 10.6. The molecule has 1 rings (SSSR count). The first-order chi connectivity index (χ1) is 8.58. The summed E-state index contributed by atoms with van der Waals surface area (Å²) in [5.74, 6) is 4.98. The van der Waals surface area contributed by atoms with Crippen LogP contribution in [-0.4, -0.2) is 30.1 Å². The summed E-state index contributed by atoms with van der Waals surface area (Å²) < 4.78 is 4.97. The van der Waals surface area contributed by atoms with Gasteiger partial charge in [0.2, 0.25) is 5.91 Å². The van der Waals surface area contributed by atoms with E-state index in [1.165, 1.54) is 6.92 Å². The van der Waals surface area contributed by atoms with Crippen LogP contribution in [-0.2, 0) is 9.59 Å². The number of amides is 1. The molecule has 1 aromatic carbocycles. The SMILES string of the molecule is CC(=O)NCC#Cc1ccc(OCC(=O)O)cc1. The van der Waals surface area contributed by atoms with Gasteiger partial charge in [-0.2, -0.15) is 0 Å². The predicted molar refractivity (Wildman–Crippen MR) is 65.1 cm³/mol. The number of rotatable bonds is 4. The quantitative estimate of drug-likeness (QED) is 0.765. The Labute approximate surface area is 105 Å². The summed E-state index contributed by atoms with van der Waals surface area (Å²) in [6, 6.07) is 6.73. The van der Waals surface area contributed by atoms with E-state index < -0.39 is 5.97 Å². The summed E-state index contributed by atoms with van der Waals surface area (Å²) in [6.07, 6.45) is 0. The normalized spacial score (nSPS) is 8.94. The van der Waals surface area contributed by atoms with Crippen LogP contribution < -0.4 is 10.1 Å². The maximum atomic E-state index is 10.6. The highest BCUT2D eigenvalue weighted by Gasteiger charge is 1.98. The highest BCUT2D eigenvalue weighted by molar-refractivity contribution is 5.73. The second-order valence-corrected chi connectivity index (χ2v) is 3.42. The van der Waals surface area contributed by atoms with E-state index in [1.54, 1.807) is 24.3 Å². The molecule has 1 amide bonds. The lowest BCUT2D eigenvalue weighted by Gasteiger charge is -2.02. The molecule has 2 N–H and O–H groups in total. The summed E-state index contributed by atoms with van der Waals surface area (Å²) in [5, 5.41) is 11.0. The van der Waals surface area contributed by atoms with Crippen molar-refractivity contribution in [3.8, 4) is 17.6 Å². The molecule has 0 atom stereocenters. The zero-order chi connectivity index (χ0) is 13.4. The van der Waals surface area contributed by atoms with Gasteiger partial charge in [-0.1, -0.05) is 11.8 Å². The molecule has 0 aliphatic rings. The molecule has 0 heterocycles. The number of hydrogen-bond acceptors (Lipinski definition) is 3. The second-order valence-electron chi connectivity index (χ2n) is 3.42. The largest absolute Gasteiger partial charge is 0.482 e. The Kier molecular flexibility index (Phi) is 5.26. The number of carbonyl (C=O) groups is 2. The Bertz CT molecular complexity index is 482. The van der Waals surface area contributed by atoms with Crippen molar-refractivity contribution in [2.45, 2.75) is 6.92 Å². The van der Waals surface area contributed by atoms with Crippen molar-refractivity contribution in [3.63, 3.8) is 0 Å². The molecule has 0 saturated carbocycles. The number of benzene rings is 1. The van der Waals surface area contributed by atoms with E-state index in [9.17, 15) is 9.59 Å². The Hall–Kier alpha value is -2.48. The Balaban J connectivity index is 2.49. The van der Waals surface area contributed by atoms with Crippen molar-refractivity contribution in [2.75, 3.05) is 13.2 Å². The van der Waals surface area contributed by atoms with E-state index >= 15 is 0 Å². The Morgan fingerprint density at radius 1 is 1.33 bits per heavy atom. The summed E-state index contributed by atoms with van der Waals surface area (Å²) in [4.78, 5) is 20.9. The number of carboxylic acid groups (broad SMARTS) is 1. The Morgan fingerprint density at radius 2 is 2.00 bits per heavy atom. The van der Waals surface area contributed by atoms with Crippen LogP contribution in [0.25, 0.3) is 0 Å². The first kappa shape index (κ1) is 13.6. The van der Waals surface area contributed by atoms with Crippen LogP contribution in [0.5, 0.6) is 5.75 Å². The van der Waals surface area contributed by atoms with E-state index in [4.69, 9.17) is 9.84 Å². The molecule has 0 spiro atoms. The van der Waals surface area contributed by atoms with E-state index in [-0.39, 0.29) is 12.5 Å². The molecule has 0 aliphatic carbocycles. The standard InChI is InChI=1S/C13H13NO4/c1-10(15)14-8-2-3-11-4-6-12(7-5-11)18-9-13(16)17/h4-7H,8-9H2,1H3,(H,14,15)(H,16,17). The van der Waals surface area contributed by atoms with Crippen molar-refractivity contribution in [1.82, 2.24) is 5.32 Å². The first-order valence-corrected chi connectivity index (χ1v) is 5.26. The summed E-state index contributed by atoms with van der Waals surface area (Å²) in [5.41, 5.74) is 0.767. The average molecular weight is 247 g/mol. The molecule has 5 nitrogen and oxygen atoms in total. The molecule has 0 fully saturated rings. The van der Waals surface area contributed by atoms with E-state index in [1.807, 2.05) is 0 Å². The van der Waals surface area contributed by atoms with Gasteiger partial charge in [-0.25, -0.2) is 4.79 Å². The van der Waals surface area contributed by atoms with Crippen molar-refractivity contribution < 1.29 is 19.4 Å². The summed E-state index contributed by atoms with van der Waals surface area (Å²) >= 11 is 0. The molecule has 18 heavy (non-hydrogen) atoms. The minimum absolute atomic E-state index is 0.123. The average Bonchev–Trinajstić information content (AvgIpc) is 2.33. The molecule has 1 aromatic rings. The van der Waals surface area contributed by atoms with Crippen molar-refractivity contribution >= 4 is 11.9 Å². The van der Waals surface area contributed by atoms with Crippen molar-refractivity contribution in [1.29, 1.82) is 0 Å². The molecule has 5 heteroatoms. The van der Waals surface area contributed by atoms with Crippen LogP contribution in [0, 0.1) is 11.8 Å². The first-order valence-electron chi connectivity index (χ1n) is 5.26. The third-order valence-electron chi connectivity index (χ3n) is 1.88. The van der Waals surface area contributed by atoms with E-state index in [0.29, 0.717) is 12.3 Å². The van der Waals surface area contributed by atoms with Gasteiger partial charge in [-0.05, 0) is 24.3 Å². The molecule has 94 valence electrons. The highest BCUT2D eigenvalue weighted by Crippen LogP contribution is 2.11. The highest BCUT2D eigenvalue weighted by atomic mass is 16.5. The lowest BCUT2D eigenvalue weighted by Crippen LogP contribution is -2.19. The molecule has 0 bridgehead atoms. The molecule has 0 aromatic heterocycles. The second kappa shape index (κ2) is 6.97. The fourth-order valence-electron chi connectivity index (χ4n) is 1.09. The monoisotopic (exact) mass is 247 g/mol. The lowest BCUT2D eigenvalue weighted by atomic mass is 10.2. The van der Waals surface area contributed by atoms with Crippen LogP contribution in [0.2, 0.25) is 0 Å². The maximum Gasteiger partial charge on any atom is 0.341 e. The van der Waals surface area contributed by atoms with Crippen molar-refractivity contribution in [2.24, 2.45) is 0 Å². The number of carboxylic acids is 1. The third-order valence-corrected chi connectivity index (χ3v) is 1.88. The molecular weight excluding hydrogens is 234 g/mol. The molecule has 0 unspecified atom stereocenters. The summed E-state index contributed by atoms with van der Waals surface area (Å²) in [7, 11) is 0. The van der Waals surface area contributed by atoms with E-state index in [2.05, 4.69) is 17.2 Å². The number of carbonyl (C=O) groups excluding carboxylic acids is 1. The van der Waals surface area contributed by atoms with Gasteiger partial charge in [0.25, 0.3) is 0 Å². The van der Waals surface area contributed by atoms with Crippen LogP contribution in [0.1, 0.15) is 12.5 Å². The fraction of sp³-hybridized carbons (Fsp3) is 0.231. The molecule has 0 saturated heterocycles. The molecule has 0 radical (unpaired) electrons. The lowest BCUT2D eigenvalue weighted by molar-refractivity contribution is -0.139. The number of ether oxygens (including phenoxy) is 1. The van der Waals surface area contributed by atoms with Gasteiger partial charge in [0.15, 0.2) is 6.61 Å². The third kappa shape index (κ3) is 5.56. The van der Waals surface area contributed by atoms with Gasteiger partial charge in [-0.15, -0.1) is 0 Å². The van der Waals surface area contributed by atoms with Crippen LogP contribution in [0.3, 0.4) is 0 Å². The topological polar surface area (TPSA) is 75.6 Å². The number of aliphatic carboxylic acids is 1. The molecule has 0 aliphatic heterocycles. The zero-order valence-corrected chi connectivity index (χ0v) is 9.90. The minimum atomic E-state index is -1.02. The molecular formula is C13H13NO4. The van der Waals surface area contributed by atoms with Gasteiger partial charge in [0.05, 0.1) is 6.54 Å². The van der Waals surface area contributed by atoms with Gasteiger partial charge >= 0.3 is 5.97 Å². The van der Waals surface area contributed by atoms with E-state index in [0.717, 1.165) is 5.56 Å². The summed E-state index contributed by atoms with van der Waals surface area (Å²) in [6.45, 7) is 1.36. The van der Waals surface area contributed by atoms with Gasteiger partial charge in [0, 0.05) is 12.5 Å². The minimum Gasteiger partial charge on any atom is -0.482 e. The van der Waals surface area contributed by atoms with Crippen molar-refractivity contribution in [3.05, 3.63) is 29.8 Å². The van der Waals surface area contributed by atoms with Gasteiger partial charge in [0.1, 0.15) is 5.75 Å². The fourth-order valence-corrected chi connectivity index (χ4v) is 1.09. The van der Waals surface area contributed by atoms with Crippen LogP contribution in [0.15, 0.2) is 24.3 Å². The smallest absolute Gasteiger partial charge is 0.341 e. The number of nitrogens with one attached hydrogen (secondary N) is 1. The predicted octanol–water partition coefficient (Wildman–Crippen LogP) is 0.638. The number of hydrogen-bond donors (Lipinski definition) is 2.